The fourth-order valence-electron chi connectivity index (χ4n) is 1.33. The van der Waals surface area contributed by atoms with Crippen LogP contribution >= 0.6 is 22.9 Å². The van der Waals surface area contributed by atoms with Gasteiger partial charge in [-0.05, 0) is 35.2 Å². The lowest BCUT2D eigenvalue weighted by atomic mass is 10.1. The molecule has 0 fully saturated rings. The highest BCUT2D eigenvalue weighted by Gasteiger charge is 2.06. The monoisotopic (exact) mass is 251 g/mol. The molecule has 2 rings (SSSR count). The second-order valence-corrected chi connectivity index (χ2v) is 4.48. The maximum absolute atomic E-state index is 11.8. The molecule has 0 atom stereocenters. The molecular weight excluding hydrogens is 242 g/mol. The third-order valence-electron chi connectivity index (χ3n) is 2.10. The van der Waals surface area contributed by atoms with E-state index < -0.39 is 0 Å². The number of carbonyl (C=O) groups is 1. The number of benzene rings is 1. The number of anilines is 1. The van der Waals surface area contributed by atoms with E-state index in [1.54, 1.807) is 12.1 Å². The van der Waals surface area contributed by atoms with E-state index in [2.05, 4.69) is 5.32 Å². The van der Waals surface area contributed by atoms with Crippen molar-refractivity contribution >= 4 is 33.8 Å². The van der Waals surface area contributed by atoms with Crippen molar-refractivity contribution < 1.29 is 4.79 Å². The van der Waals surface area contributed by atoms with Crippen LogP contribution in [0.2, 0.25) is 0 Å². The standard InChI is InChI=1S/C12H10ClNOS/c13-8-9-3-1-4-10(7-9)12(15)14-11-5-2-6-16-11/h1-7H,8H2,(H,14,15). The van der Waals surface area contributed by atoms with Crippen LogP contribution in [0.1, 0.15) is 15.9 Å². The summed E-state index contributed by atoms with van der Waals surface area (Å²) >= 11 is 7.21. The van der Waals surface area contributed by atoms with Gasteiger partial charge in [0.15, 0.2) is 0 Å². The van der Waals surface area contributed by atoms with Crippen LogP contribution in [0.4, 0.5) is 5.00 Å². The van der Waals surface area contributed by atoms with Gasteiger partial charge in [0.25, 0.3) is 5.91 Å². The van der Waals surface area contributed by atoms with Crippen molar-refractivity contribution in [3.8, 4) is 0 Å². The van der Waals surface area contributed by atoms with Crippen molar-refractivity contribution in [1.29, 1.82) is 0 Å². The van der Waals surface area contributed by atoms with E-state index in [0.717, 1.165) is 10.6 Å². The largest absolute Gasteiger partial charge is 0.314 e. The van der Waals surface area contributed by atoms with Crippen LogP contribution in [0.3, 0.4) is 0 Å². The van der Waals surface area contributed by atoms with E-state index in [4.69, 9.17) is 11.6 Å². The van der Waals surface area contributed by atoms with Crippen LogP contribution < -0.4 is 5.32 Å². The van der Waals surface area contributed by atoms with Gasteiger partial charge in [0.05, 0.1) is 5.00 Å². The van der Waals surface area contributed by atoms with E-state index in [-0.39, 0.29) is 5.91 Å². The van der Waals surface area contributed by atoms with Crippen LogP contribution in [0.15, 0.2) is 41.8 Å². The van der Waals surface area contributed by atoms with Gasteiger partial charge >= 0.3 is 0 Å². The van der Waals surface area contributed by atoms with Crippen molar-refractivity contribution in [2.24, 2.45) is 0 Å². The van der Waals surface area contributed by atoms with Gasteiger partial charge < -0.3 is 5.32 Å². The van der Waals surface area contributed by atoms with Gasteiger partial charge in [-0.1, -0.05) is 12.1 Å². The Kier molecular flexibility index (Phi) is 3.59. The van der Waals surface area contributed by atoms with Crippen molar-refractivity contribution in [3.63, 3.8) is 0 Å². The predicted octanol–water partition coefficient (Wildman–Crippen LogP) is 3.74. The molecule has 1 amide bonds. The lowest BCUT2D eigenvalue weighted by Crippen LogP contribution is -2.10. The van der Waals surface area contributed by atoms with Gasteiger partial charge in [0.1, 0.15) is 0 Å². The summed E-state index contributed by atoms with van der Waals surface area (Å²) < 4.78 is 0. The Balaban J connectivity index is 2.14. The molecule has 0 unspecified atom stereocenters. The summed E-state index contributed by atoms with van der Waals surface area (Å²) in [5, 5.41) is 5.60. The van der Waals surface area contributed by atoms with E-state index in [1.807, 2.05) is 29.6 Å². The summed E-state index contributed by atoms with van der Waals surface area (Å²) in [6, 6.07) is 11.1. The van der Waals surface area contributed by atoms with E-state index >= 15 is 0 Å². The Bertz CT molecular complexity index is 482. The number of hydrogen-bond acceptors (Lipinski definition) is 2. The zero-order valence-electron chi connectivity index (χ0n) is 8.44. The summed E-state index contributed by atoms with van der Waals surface area (Å²) in [4.78, 5) is 11.8. The minimum atomic E-state index is -0.102. The van der Waals surface area contributed by atoms with Crippen LogP contribution in [0, 0.1) is 0 Å². The second-order valence-electron chi connectivity index (χ2n) is 3.27. The molecule has 1 aromatic heterocycles. The summed E-state index contributed by atoms with van der Waals surface area (Å²) in [6.07, 6.45) is 0. The Morgan fingerprint density at radius 2 is 2.19 bits per heavy atom. The first-order valence-electron chi connectivity index (χ1n) is 4.79. The molecule has 0 saturated heterocycles. The minimum absolute atomic E-state index is 0.102. The second kappa shape index (κ2) is 5.14. The van der Waals surface area contributed by atoms with Crippen LogP contribution in [0.5, 0.6) is 0 Å². The Hall–Kier alpha value is -1.32. The molecule has 1 N–H and O–H groups in total. The quantitative estimate of drug-likeness (QED) is 0.828. The summed E-state index contributed by atoms with van der Waals surface area (Å²) in [5.41, 5.74) is 1.58. The molecule has 1 aromatic carbocycles. The van der Waals surface area contributed by atoms with E-state index in [0.29, 0.717) is 11.4 Å². The number of hydrogen-bond donors (Lipinski definition) is 1. The van der Waals surface area contributed by atoms with E-state index in [1.165, 1.54) is 11.3 Å². The summed E-state index contributed by atoms with van der Waals surface area (Å²) in [6.45, 7) is 0. The highest BCUT2D eigenvalue weighted by molar-refractivity contribution is 7.14. The number of alkyl halides is 1. The highest BCUT2D eigenvalue weighted by atomic mass is 35.5. The molecule has 0 aliphatic carbocycles. The zero-order chi connectivity index (χ0) is 11.4. The molecule has 0 aliphatic rings. The molecule has 0 spiro atoms. The first-order chi connectivity index (χ1) is 7.79. The maximum Gasteiger partial charge on any atom is 0.256 e. The predicted molar refractivity (Wildman–Crippen MR) is 68.3 cm³/mol. The first kappa shape index (κ1) is 11.2. The molecule has 1 heterocycles. The molecule has 0 bridgehead atoms. The van der Waals surface area contributed by atoms with Gasteiger partial charge in [-0.25, -0.2) is 0 Å². The normalized spacial score (nSPS) is 10.1. The van der Waals surface area contributed by atoms with Crippen LogP contribution in [-0.4, -0.2) is 5.91 Å². The third-order valence-corrected chi connectivity index (χ3v) is 3.20. The molecule has 0 aliphatic heterocycles. The number of amides is 1. The Morgan fingerprint density at radius 3 is 2.88 bits per heavy atom. The first-order valence-corrected chi connectivity index (χ1v) is 6.21. The number of nitrogens with one attached hydrogen (secondary N) is 1. The molecule has 2 nitrogen and oxygen atoms in total. The molecule has 0 saturated carbocycles. The van der Waals surface area contributed by atoms with E-state index in [9.17, 15) is 4.79 Å². The number of rotatable bonds is 3. The lowest BCUT2D eigenvalue weighted by molar-refractivity contribution is 0.102. The fourth-order valence-corrected chi connectivity index (χ4v) is 2.11. The van der Waals surface area contributed by atoms with Crippen molar-refractivity contribution in [1.82, 2.24) is 0 Å². The van der Waals surface area contributed by atoms with Gasteiger partial charge in [-0.3, -0.25) is 4.79 Å². The lowest BCUT2D eigenvalue weighted by Gasteiger charge is -2.03. The summed E-state index contributed by atoms with van der Waals surface area (Å²) in [5.74, 6) is 0.314. The average molecular weight is 252 g/mol. The van der Waals surface area contributed by atoms with Crippen LogP contribution in [-0.2, 0) is 5.88 Å². The SMILES string of the molecule is O=C(Nc1cccs1)c1cccc(CCl)c1. The topological polar surface area (TPSA) is 29.1 Å². The average Bonchev–Trinajstić information content (AvgIpc) is 2.82. The van der Waals surface area contributed by atoms with Crippen molar-refractivity contribution in [2.45, 2.75) is 5.88 Å². The smallest absolute Gasteiger partial charge is 0.256 e. The Morgan fingerprint density at radius 1 is 1.31 bits per heavy atom. The summed E-state index contributed by atoms with van der Waals surface area (Å²) in [7, 11) is 0. The number of thiophene rings is 1. The maximum atomic E-state index is 11.8. The molecular formula is C12H10ClNOS. The minimum Gasteiger partial charge on any atom is -0.314 e. The third kappa shape index (κ3) is 2.62. The molecule has 82 valence electrons. The van der Waals surface area contributed by atoms with Gasteiger partial charge in [-0.2, -0.15) is 0 Å². The van der Waals surface area contributed by atoms with Gasteiger partial charge in [0, 0.05) is 11.4 Å². The number of carbonyl (C=O) groups excluding carboxylic acids is 1. The van der Waals surface area contributed by atoms with Crippen molar-refractivity contribution in [3.05, 3.63) is 52.9 Å². The highest BCUT2D eigenvalue weighted by Crippen LogP contribution is 2.16. The fraction of sp³-hybridized carbons (Fsp3) is 0.0833. The van der Waals surface area contributed by atoms with Gasteiger partial charge in [-0.15, -0.1) is 22.9 Å². The molecule has 0 radical (unpaired) electrons. The zero-order valence-corrected chi connectivity index (χ0v) is 10.0. The number of halogens is 1. The molecule has 2 aromatic rings. The van der Waals surface area contributed by atoms with Crippen LogP contribution in [0.25, 0.3) is 0 Å². The van der Waals surface area contributed by atoms with Gasteiger partial charge in [0.2, 0.25) is 0 Å². The van der Waals surface area contributed by atoms with Crippen molar-refractivity contribution in [2.75, 3.05) is 5.32 Å². The molecule has 16 heavy (non-hydrogen) atoms. The molecule has 4 heteroatoms. The Labute approximate surface area is 103 Å².